The number of rotatable bonds is 8. The summed E-state index contributed by atoms with van der Waals surface area (Å²) >= 11 is 0. The molecule has 6 heteroatoms. The number of hydrogen-bond acceptors (Lipinski definition) is 4. The van der Waals surface area contributed by atoms with Crippen molar-refractivity contribution in [3.8, 4) is 11.5 Å². The molecular weight excluding hydrogens is 340 g/mol. The summed E-state index contributed by atoms with van der Waals surface area (Å²) in [5.74, 6) is 1.29. The highest BCUT2D eigenvalue weighted by Crippen LogP contribution is 2.29. The third-order valence-corrected chi connectivity index (χ3v) is 4.24. The van der Waals surface area contributed by atoms with Crippen LogP contribution in [0.15, 0.2) is 18.2 Å². The standard InChI is InChI=1S/C19H30N2O3.ClH/c1-3-11-23-17-10-5-14(13-18(17)24-12-4-2)19(22)21-16-8-6-15(20)7-9-16;/h5,10,13,15-16H,3-4,6-9,11-12,20H2,1-2H3,(H,21,22);1H. The molecule has 0 atom stereocenters. The number of carbonyl (C=O) groups excluding carboxylic acids is 1. The first kappa shape index (κ1) is 21.6. The van der Waals surface area contributed by atoms with Crippen LogP contribution in [0, 0.1) is 0 Å². The van der Waals surface area contributed by atoms with Crippen LogP contribution >= 0.6 is 12.4 Å². The molecule has 5 nitrogen and oxygen atoms in total. The van der Waals surface area contributed by atoms with E-state index in [9.17, 15) is 4.79 Å². The van der Waals surface area contributed by atoms with E-state index in [0.717, 1.165) is 38.5 Å². The summed E-state index contributed by atoms with van der Waals surface area (Å²) in [7, 11) is 0. The van der Waals surface area contributed by atoms with Gasteiger partial charge in [0.05, 0.1) is 13.2 Å². The lowest BCUT2D eigenvalue weighted by Crippen LogP contribution is -2.40. The van der Waals surface area contributed by atoms with E-state index in [1.54, 1.807) is 12.1 Å². The molecule has 3 N–H and O–H groups in total. The van der Waals surface area contributed by atoms with Crippen LogP contribution in [0.25, 0.3) is 0 Å². The average Bonchev–Trinajstić information content (AvgIpc) is 2.60. The summed E-state index contributed by atoms with van der Waals surface area (Å²) in [5, 5.41) is 3.11. The monoisotopic (exact) mass is 370 g/mol. The topological polar surface area (TPSA) is 73.6 Å². The molecule has 0 saturated heterocycles. The maximum Gasteiger partial charge on any atom is 0.251 e. The van der Waals surface area contributed by atoms with Crippen molar-refractivity contribution < 1.29 is 14.3 Å². The first-order valence-electron chi connectivity index (χ1n) is 9.10. The van der Waals surface area contributed by atoms with Gasteiger partial charge < -0.3 is 20.5 Å². The molecule has 1 fully saturated rings. The molecule has 1 amide bonds. The van der Waals surface area contributed by atoms with Gasteiger partial charge in [-0.1, -0.05) is 13.8 Å². The molecule has 0 bridgehead atoms. The van der Waals surface area contributed by atoms with Crippen LogP contribution in [0.4, 0.5) is 0 Å². The molecule has 2 rings (SSSR count). The largest absolute Gasteiger partial charge is 0.490 e. The zero-order valence-corrected chi connectivity index (χ0v) is 16.1. The highest BCUT2D eigenvalue weighted by Gasteiger charge is 2.21. The zero-order chi connectivity index (χ0) is 17.4. The van der Waals surface area contributed by atoms with E-state index in [1.165, 1.54) is 0 Å². The Morgan fingerprint density at radius 2 is 1.68 bits per heavy atom. The number of halogens is 1. The highest BCUT2D eigenvalue weighted by molar-refractivity contribution is 5.95. The van der Waals surface area contributed by atoms with Gasteiger partial charge in [-0.15, -0.1) is 12.4 Å². The predicted molar refractivity (Wildman–Crippen MR) is 103 cm³/mol. The van der Waals surface area contributed by atoms with Gasteiger partial charge in [-0.3, -0.25) is 4.79 Å². The van der Waals surface area contributed by atoms with Gasteiger partial charge in [-0.2, -0.15) is 0 Å². The molecule has 0 radical (unpaired) electrons. The van der Waals surface area contributed by atoms with Gasteiger partial charge in [-0.05, 0) is 56.7 Å². The van der Waals surface area contributed by atoms with Crippen LogP contribution in [-0.2, 0) is 0 Å². The molecule has 25 heavy (non-hydrogen) atoms. The zero-order valence-electron chi connectivity index (χ0n) is 15.3. The van der Waals surface area contributed by atoms with Gasteiger partial charge in [0.1, 0.15) is 0 Å². The number of nitrogens with one attached hydrogen (secondary N) is 1. The summed E-state index contributed by atoms with van der Waals surface area (Å²) in [6.45, 7) is 5.35. The quantitative estimate of drug-likeness (QED) is 0.732. The minimum absolute atomic E-state index is 0. The lowest BCUT2D eigenvalue weighted by Gasteiger charge is -2.26. The SMILES string of the molecule is CCCOc1ccc(C(=O)NC2CCC(N)CC2)cc1OCCC.Cl. The van der Waals surface area contributed by atoms with Gasteiger partial charge in [0.25, 0.3) is 5.91 Å². The Morgan fingerprint density at radius 1 is 1.08 bits per heavy atom. The fourth-order valence-corrected chi connectivity index (χ4v) is 2.84. The van der Waals surface area contributed by atoms with Crippen molar-refractivity contribution in [3.63, 3.8) is 0 Å². The van der Waals surface area contributed by atoms with Crippen molar-refractivity contribution in [2.24, 2.45) is 5.73 Å². The summed E-state index contributed by atoms with van der Waals surface area (Å²) < 4.78 is 11.5. The maximum absolute atomic E-state index is 12.5. The van der Waals surface area contributed by atoms with Crippen molar-refractivity contribution in [2.75, 3.05) is 13.2 Å². The third-order valence-electron chi connectivity index (χ3n) is 4.24. The van der Waals surface area contributed by atoms with Crippen molar-refractivity contribution in [3.05, 3.63) is 23.8 Å². The maximum atomic E-state index is 12.5. The minimum atomic E-state index is -0.0566. The minimum Gasteiger partial charge on any atom is -0.490 e. The van der Waals surface area contributed by atoms with Crippen LogP contribution in [0.3, 0.4) is 0 Å². The van der Waals surface area contributed by atoms with E-state index in [-0.39, 0.29) is 30.4 Å². The molecule has 142 valence electrons. The van der Waals surface area contributed by atoms with E-state index in [2.05, 4.69) is 19.2 Å². The van der Waals surface area contributed by atoms with E-state index in [0.29, 0.717) is 30.3 Å². The van der Waals surface area contributed by atoms with Crippen LogP contribution in [0.5, 0.6) is 11.5 Å². The first-order valence-corrected chi connectivity index (χ1v) is 9.10. The van der Waals surface area contributed by atoms with Crippen molar-refractivity contribution in [2.45, 2.75) is 64.5 Å². The van der Waals surface area contributed by atoms with Gasteiger partial charge in [0, 0.05) is 17.6 Å². The molecule has 1 aliphatic carbocycles. The molecule has 0 heterocycles. The molecule has 1 aromatic carbocycles. The van der Waals surface area contributed by atoms with Gasteiger partial charge in [0.2, 0.25) is 0 Å². The Hall–Kier alpha value is -1.46. The summed E-state index contributed by atoms with van der Waals surface area (Å²) in [6.07, 6.45) is 5.68. The summed E-state index contributed by atoms with van der Waals surface area (Å²) in [4.78, 5) is 12.5. The van der Waals surface area contributed by atoms with Crippen molar-refractivity contribution in [1.29, 1.82) is 0 Å². The second-order valence-electron chi connectivity index (χ2n) is 6.44. The third kappa shape index (κ3) is 6.75. The second-order valence-corrected chi connectivity index (χ2v) is 6.44. The fraction of sp³-hybridized carbons (Fsp3) is 0.632. The lowest BCUT2D eigenvalue weighted by molar-refractivity contribution is 0.0925. The Bertz CT molecular complexity index is 531. The van der Waals surface area contributed by atoms with E-state index in [4.69, 9.17) is 15.2 Å². The molecule has 0 aromatic heterocycles. The Kier molecular flexibility index (Phi) is 9.68. The van der Waals surface area contributed by atoms with Crippen LogP contribution in [0.1, 0.15) is 62.7 Å². The second kappa shape index (κ2) is 11.2. The Labute approximate surface area is 157 Å². The van der Waals surface area contributed by atoms with Crippen LogP contribution < -0.4 is 20.5 Å². The van der Waals surface area contributed by atoms with E-state index < -0.39 is 0 Å². The summed E-state index contributed by atoms with van der Waals surface area (Å²) in [6, 6.07) is 5.90. The highest BCUT2D eigenvalue weighted by atomic mass is 35.5. The molecule has 1 aromatic rings. The van der Waals surface area contributed by atoms with Gasteiger partial charge >= 0.3 is 0 Å². The molecule has 1 saturated carbocycles. The predicted octanol–water partition coefficient (Wildman–Crippen LogP) is 3.69. The van der Waals surface area contributed by atoms with Crippen molar-refractivity contribution in [1.82, 2.24) is 5.32 Å². The van der Waals surface area contributed by atoms with E-state index >= 15 is 0 Å². The lowest BCUT2D eigenvalue weighted by atomic mass is 9.91. The molecule has 0 unspecified atom stereocenters. The number of benzene rings is 1. The fourth-order valence-electron chi connectivity index (χ4n) is 2.84. The van der Waals surface area contributed by atoms with E-state index in [1.807, 2.05) is 6.07 Å². The number of carbonyl (C=O) groups is 1. The van der Waals surface area contributed by atoms with Crippen LogP contribution in [-0.4, -0.2) is 31.2 Å². The first-order chi connectivity index (χ1) is 11.6. The number of nitrogens with two attached hydrogens (primary N) is 1. The Morgan fingerprint density at radius 3 is 2.28 bits per heavy atom. The van der Waals surface area contributed by atoms with Crippen LogP contribution in [0.2, 0.25) is 0 Å². The van der Waals surface area contributed by atoms with Crippen molar-refractivity contribution >= 4 is 18.3 Å². The average molecular weight is 371 g/mol. The van der Waals surface area contributed by atoms with Gasteiger partial charge in [-0.25, -0.2) is 0 Å². The smallest absolute Gasteiger partial charge is 0.251 e. The normalized spacial score (nSPS) is 19.6. The number of amides is 1. The number of hydrogen-bond donors (Lipinski definition) is 2. The van der Waals surface area contributed by atoms with Gasteiger partial charge in [0.15, 0.2) is 11.5 Å². The Balaban J connectivity index is 0.00000312. The molecular formula is C19H31ClN2O3. The molecule has 1 aliphatic rings. The molecule has 0 spiro atoms. The summed E-state index contributed by atoms with van der Waals surface area (Å²) in [5.41, 5.74) is 6.53. The number of ether oxygens (including phenoxy) is 2. The molecule has 0 aliphatic heterocycles.